The lowest BCUT2D eigenvalue weighted by Gasteiger charge is -2.36. The molecule has 1 aliphatic carbocycles. The van der Waals surface area contributed by atoms with E-state index in [4.69, 9.17) is 4.74 Å². The molecular weight excluding hydrogens is 395 g/mol. The first kappa shape index (κ1) is 21.5. The van der Waals surface area contributed by atoms with Gasteiger partial charge in [0.1, 0.15) is 5.82 Å². The van der Waals surface area contributed by atoms with Crippen LogP contribution in [0.2, 0.25) is 0 Å². The molecule has 5 nitrogen and oxygen atoms in total. The highest BCUT2D eigenvalue weighted by atomic mass is 19.1. The summed E-state index contributed by atoms with van der Waals surface area (Å²) in [6, 6.07) is 12.3. The lowest BCUT2D eigenvalue weighted by Crippen LogP contribution is -2.51. The number of likely N-dealkylation sites (tertiary alicyclic amines) is 1. The molecule has 1 saturated heterocycles. The first-order valence-electron chi connectivity index (χ1n) is 10.9. The van der Waals surface area contributed by atoms with Gasteiger partial charge in [0.2, 0.25) is 5.91 Å². The minimum Gasteiger partial charge on any atom is -0.465 e. The van der Waals surface area contributed by atoms with Crippen LogP contribution in [0.15, 0.2) is 42.5 Å². The van der Waals surface area contributed by atoms with Crippen LogP contribution >= 0.6 is 0 Å². The summed E-state index contributed by atoms with van der Waals surface area (Å²) in [5, 5.41) is 3.30. The molecule has 1 amide bonds. The first-order chi connectivity index (χ1) is 14.9. The summed E-state index contributed by atoms with van der Waals surface area (Å²) in [5.41, 5.74) is 2.83. The van der Waals surface area contributed by atoms with Crippen LogP contribution in [0.3, 0.4) is 0 Å². The maximum atomic E-state index is 13.6. The Kier molecular flexibility index (Phi) is 6.10. The molecule has 4 rings (SSSR count). The van der Waals surface area contributed by atoms with Gasteiger partial charge >= 0.3 is 5.97 Å². The maximum Gasteiger partial charge on any atom is 0.337 e. The quantitative estimate of drug-likeness (QED) is 0.710. The summed E-state index contributed by atoms with van der Waals surface area (Å²) >= 11 is 0. The summed E-state index contributed by atoms with van der Waals surface area (Å²) in [6.45, 7) is 3.26. The van der Waals surface area contributed by atoms with Gasteiger partial charge in [0.05, 0.1) is 24.3 Å². The van der Waals surface area contributed by atoms with E-state index >= 15 is 0 Å². The molecule has 2 aromatic carbocycles. The van der Waals surface area contributed by atoms with Crippen molar-refractivity contribution in [3.63, 3.8) is 0 Å². The summed E-state index contributed by atoms with van der Waals surface area (Å²) in [5.74, 6) is -0.520. The van der Waals surface area contributed by atoms with E-state index in [0.29, 0.717) is 17.7 Å². The predicted octanol–water partition coefficient (Wildman–Crippen LogP) is 4.08. The molecule has 6 heteroatoms. The van der Waals surface area contributed by atoms with E-state index < -0.39 is 0 Å². The Bertz CT molecular complexity index is 969. The predicted molar refractivity (Wildman–Crippen MR) is 116 cm³/mol. The van der Waals surface area contributed by atoms with Crippen molar-refractivity contribution in [3.05, 3.63) is 70.5 Å². The minimum absolute atomic E-state index is 0.0491. The second-order valence-electron chi connectivity index (χ2n) is 8.71. The number of methoxy groups -OCH3 is 1. The van der Waals surface area contributed by atoms with Crippen LogP contribution in [0, 0.1) is 12.7 Å². The molecule has 0 bridgehead atoms. The van der Waals surface area contributed by atoms with Crippen molar-refractivity contribution < 1.29 is 18.7 Å². The number of rotatable bonds is 6. The third-order valence-corrected chi connectivity index (χ3v) is 6.50. The van der Waals surface area contributed by atoms with Gasteiger partial charge in [0, 0.05) is 6.54 Å². The van der Waals surface area contributed by atoms with Crippen molar-refractivity contribution in [2.45, 2.75) is 57.2 Å². The Morgan fingerprint density at radius 1 is 1.16 bits per heavy atom. The molecule has 0 spiro atoms. The number of hydrogen-bond acceptors (Lipinski definition) is 4. The van der Waals surface area contributed by atoms with Gasteiger partial charge in [-0.3, -0.25) is 9.69 Å². The van der Waals surface area contributed by atoms with Crippen molar-refractivity contribution in [1.29, 1.82) is 0 Å². The average molecular weight is 425 g/mol. The number of halogens is 1. The Balaban J connectivity index is 1.45. The fourth-order valence-electron chi connectivity index (χ4n) is 4.49. The number of esters is 1. The van der Waals surface area contributed by atoms with Gasteiger partial charge in [-0.25, -0.2) is 9.18 Å². The second-order valence-corrected chi connectivity index (χ2v) is 8.71. The molecule has 2 aliphatic rings. The largest absolute Gasteiger partial charge is 0.465 e. The highest BCUT2D eigenvalue weighted by Crippen LogP contribution is 2.45. The highest BCUT2D eigenvalue weighted by molar-refractivity contribution is 5.89. The summed E-state index contributed by atoms with van der Waals surface area (Å²) in [4.78, 5) is 27.2. The zero-order valence-electron chi connectivity index (χ0n) is 18.1. The van der Waals surface area contributed by atoms with Crippen molar-refractivity contribution in [2.75, 3.05) is 13.7 Å². The van der Waals surface area contributed by atoms with E-state index in [1.807, 2.05) is 18.2 Å². The topological polar surface area (TPSA) is 58.6 Å². The third kappa shape index (κ3) is 4.64. The zero-order valence-corrected chi connectivity index (χ0v) is 18.1. The number of ether oxygens (including phenoxy) is 1. The molecule has 1 N–H and O–H groups in total. The van der Waals surface area contributed by atoms with Gasteiger partial charge in [-0.15, -0.1) is 0 Å². The van der Waals surface area contributed by atoms with Crippen LogP contribution in [0.1, 0.15) is 59.2 Å². The van der Waals surface area contributed by atoms with Gasteiger partial charge in [-0.2, -0.15) is 0 Å². The maximum absolute atomic E-state index is 13.6. The van der Waals surface area contributed by atoms with Gasteiger partial charge in [0.15, 0.2) is 0 Å². The average Bonchev–Trinajstić information content (AvgIpc) is 3.56. The standard InChI is InChI=1S/C25H29FN2O3/c1-17-15-18(6-11-21(17)26)16-28-14-4-3-5-22(28)23(29)27-25(12-13-25)20-9-7-19(8-10-20)24(30)31-2/h6-11,15,22H,3-5,12-14,16H2,1-2H3,(H,27,29)/t22-/m1/s1. The molecule has 1 heterocycles. The van der Waals surface area contributed by atoms with Gasteiger partial charge in [-0.05, 0) is 74.0 Å². The summed E-state index contributed by atoms with van der Waals surface area (Å²) < 4.78 is 18.4. The summed E-state index contributed by atoms with van der Waals surface area (Å²) in [6.07, 6.45) is 4.69. The van der Waals surface area contributed by atoms with Crippen LogP contribution < -0.4 is 5.32 Å². The number of hydrogen-bond donors (Lipinski definition) is 1. The van der Waals surface area contributed by atoms with E-state index in [2.05, 4.69) is 10.2 Å². The number of nitrogens with zero attached hydrogens (tertiary/aromatic N) is 1. The molecular formula is C25H29FN2O3. The number of benzene rings is 2. The number of piperidine rings is 1. The van der Waals surface area contributed by atoms with E-state index in [1.165, 1.54) is 13.2 Å². The molecule has 31 heavy (non-hydrogen) atoms. The fourth-order valence-corrected chi connectivity index (χ4v) is 4.49. The molecule has 1 atom stereocenters. The molecule has 1 aliphatic heterocycles. The summed E-state index contributed by atoms with van der Waals surface area (Å²) in [7, 11) is 1.36. The minimum atomic E-state index is -0.366. The van der Waals surface area contributed by atoms with Crippen LogP contribution in [-0.4, -0.2) is 36.5 Å². The molecule has 1 saturated carbocycles. The number of amides is 1. The molecule has 2 fully saturated rings. The van der Waals surface area contributed by atoms with Crippen LogP contribution in [0.5, 0.6) is 0 Å². The Morgan fingerprint density at radius 2 is 1.90 bits per heavy atom. The van der Waals surface area contributed by atoms with Crippen molar-refractivity contribution in [2.24, 2.45) is 0 Å². The van der Waals surface area contributed by atoms with Crippen LogP contribution in [0.4, 0.5) is 4.39 Å². The first-order valence-corrected chi connectivity index (χ1v) is 10.9. The van der Waals surface area contributed by atoms with Crippen molar-refractivity contribution in [3.8, 4) is 0 Å². The second kappa shape index (κ2) is 8.79. The normalized spacial score (nSPS) is 20.2. The third-order valence-electron chi connectivity index (χ3n) is 6.50. The zero-order chi connectivity index (χ0) is 22.0. The Hall–Kier alpha value is -2.73. The van der Waals surface area contributed by atoms with E-state index in [1.54, 1.807) is 25.1 Å². The number of carbonyl (C=O) groups excluding carboxylic acids is 2. The molecule has 0 radical (unpaired) electrons. The molecule has 0 unspecified atom stereocenters. The SMILES string of the molecule is COC(=O)c1ccc(C2(NC(=O)[C@H]3CCCCN3Cc3ccc(F)c(C)c3)CC2)cc1. The molecule has 164 valence electrons. The molecule has 0 aromatic heterocycles. The van der Waals surface area contributed by atoms with Gasteiger partial charge in [0.25, 0.3) is 0 Å². The van der Waals surface area contributed by atoms with E-state index in [9.17, 15) is 14.0 Å². The monoisotopic (exact) mass is 424 g/mol. The van der Waals surface area contributed by atoms with Crippen molar-refractivity contribution >= 4 is 11.9 Å². The fraction of sp³-hybridized carbons (Fsp3) is 0.440. The lowest BCUT2D eigenvalue weighted by atomic mass is 9.98. The van der Waals surface area contributed by atoms with Crippen molar-refractivity contribution in [1.82, 2.24) is 10.2 Å². The Morgan fingerprint density at radius 3 is 2.55 bits per heavy atom. The van der Waals surface area contributed by atoms with E-state index in [0.717, 1.165) is 49.8 Å². The van der Waals surface area contributed by atoms with Crippen LogP contribution in [-0.2, 0) is 21.6 Å². The smallest absolute Gasteiger partial charge is 0.337 e. The number of carbonyl (C=O) groups is 2. The number of nitrogens with one attached hydrogen (secondary N) is 1. The highest BCUT2D eigenvalue weighted by Gasteiger charge is 2.47. The number of aryl methyl sites for hydroxylation is 1. The van der Waals surface area contributed by atoms with Gasteiger partial charge in [-0.1, -0.05) is 30.7 Å². The Labute approximate surface area is 182 Å². The van der Waals surface area contributed by atoms with E-state index in [-0.39, 0.29) is 29.3 Å². The van der Waals surface area contributed by atoms with Gasteiger partial charge < -0.3 is 10.1 Å². The van der Waals surface area contributed by atoms with Crippen LogP contribution in [0.25, 0.3) is 0 Å². The lowest BCUT2D eigenvalue weighted by molar-refractivity contribution is -0.129. The molecule has 2 aromatic rings.